The monoisotopic (exact) mass is 424 g/mol. The van der Waals surface area contributed by atoms with E-state index in [1.807, 2.05) is 38.1 Å². The van der Waals surface area contributed by atoms with E-state index in [1.54, 1.807) is 18.2 Å². The molecule has 0 fully saturated rings. The Morgan fingerprint density at radius 1 is 1.20 bits per heavy atom. The lowest BCUT2D eigenvalue weighted by Crippen LogP contribution is -2.37. The van der Waals surface area contributed by atoms with Crippen molar-refractivity contribution >= 4 is 43.2 Å². The van der Waals surface area contributed by atoms with E-state index in [0.717, 1.165) is 32.6 Å². The second-order valence-electron chi connectivity index (χ2n) is 5.76. The predicted molar refractivity (Wildman–Crippen MR) is 106 cm³/mol. The molecule has 0 heterocycles. The average Bonchev–Trinajstić information content (AvgIpc) is 2.55. The summed E-state index contributed by atoms with van der Waals surface area (Å²) in [4.78, 5) is 12.4. The second-order valence-corrected chi connectivity index (χ2v) is 8.52. The molecule has 0 saturated carbocycles. The first-order chi connectivity index (χ1) is 11.7. The Balaban J connectivity index is 2.25. The fourth-order valence-electron chi connectivity index (χ4n) is 2.45. The van der Waals surface area contributed by atoms with Gasteiger partial charge in [-0.3, -0.25) is 9.10 Å². The lowest BCUT2D eigenvalue weighted by Gasteiger charge is -2.23. The van der Waals surface area contributed by atoms with Gasteiger partial charge in [0.15, 0.2) is 0 Å². The van der Waals surface area contributed by atoms with Crippen molar-refractivity contribution in [2.45, 2.75) is 20.3 Å². The van der Waals surface area contributed by atoms with Gasteiger partial charge < -0.3 is 5.32 Å². The number of carbonyl (C=O) groups is 1. The van der Waals surface area contributed by atoms with Crippen LogP contribution in [0.2, 0.25) is 0 Å². The van der Waals surface area contributed by atoms with Crippen LogP contribution < -0.4 is 9.62 Å². The fourth-order valence-corrected chi connectivity index (χ4v) is 3.55. The zero-order valence-electron chi connectivity index (χ0n) is 14.4. The Morgan fingerprint density at radius 2 is 1.88 bits per heavy atom. The van der Waals surface area contributed by atoms with Crippen LogP contribution in [0.15, 0.2) is 46.9 Å². The van der Waals surface area contributed by atoms with Crippen molar-refractivity contribution in [3.63, 3.8) is 0 Å². The van der Waals surface area contributed by atoms with Crippen LogP contribution in [0.3, 0.4) is 0 Å². The van der Waals surface area contributed by atoms with Crippen LogP contribution >= 0.6 is 15.9 Å². The third-order valence-corrected chi connectivity index (χ3v) is 5.82. The van der Waals surface area contributed by atoms with Gasteiger partial charge in [0.2, 0.25) is 15.9 Å². The van der Waals surface area contributed by atoms with E-state index in [1.165, 1.54) is 0 Å². The summed E-state index contributed by atoms with van der Waals surface area (Å²) in [5.74, 6) is -0.383. The van der Waals surface area contributed by atoms with E-state index in [2.05, 4.69) is 21.2 Å². The molecule has 1 amide bonds. The van der Waals surface area contributed by atoms with Crippen molar-refractivity contribution in [2.75, 3.05) is 22.4 Å². The molecule has 25 heavy (non-hydrogen) atoms. The minimum Gasteiger partial charge on any atom is -0.324 e. The van der Waals surface area contributed by atoms with E-state index in [-0.39, 0.29) is 12.5 Å². The molecule has 134 valence electrons. The standard InChI is InChI=1S/C18H21BrN2O3S/c1-4-14-7-5-6-8-17(14)20-18(22)12-21(25(3,23)24)15-9-10-16(19)13(2)11-15/h5-11H,4,12H2,1-3H3,(H,20,22). The van der Waals surface area contributed by atoms with Crippen molar-refractivity contribution in [1.82, 2.24) is 0 Å². The normalized spacial score (nSPS) is 11.2. The summed E-state index contributed by atoms with van der Waals surface area (Å²) >= 11 is 3.39. The third kappa shape index (κ3) is 5.06. The zero-order valence-corrected chi connectivity index (χ0v) is 16.8. The number of hydrogen-bond acceptors (Lipinski definition) is 3. The lowest BCUT2D eigenvalue weighted by atomic mass is 10.1. The van der Waals surface area contributed by atoms with Crippen LogP contribution in [0.5, 0.6) is 0 Å². The van der Waals surface area contributed by atoms with Crippen LogP contribution in [0.1, 0.15) is 18.1 Å². The molecule has 7 heteroatoms. The fraction of sp³-hybridized carbons (Fsp3) is 0.278. The van der Waals surface area contributed by atoms with Gasteiger partial charge in [0, 0.05) is 10.2 Å². The summed E-state index contributed by atoms with van der Waals surface area (Å²) < 4.78 is 26.3. The van der Waals surface area contributed by atoms with Crippen molar-refractivity contribution in [2.24, 2.45) is 0 Å². The first-order valence-electron chi connectivity index (χ1n) is 7.84. The van der Waals surface area contributed by atoms with Gasteiger partial charge in [-0.15, -0.1) is 0 Å². The van der Waals surface area contributed by atoms with Crippen molar-refractivity contribution in [1.29, 1.82) is 0 Å². The Hall–Kier alpha value is -1.86. The number of benzene rings is 2. The van der Waals surface area contributed by atoms with Gasteiger partial charge in [-0.25, -0.2) is 8.42 Å². The van der Waals surface area contributed by atoms with E-state index in [4.69, 9.17) is 0 Å². The molecule has 0 aliphatic heterocycles. The van der Waals surface area contributed by atoms with Gasteiger partial charge in [-0.2, -0.15) is 0 Å². The number of aryl methyl sites for hydroxylation is 2. The molecule has 0 aliphatic carbocycles. The van der Waals surface area contributed by atoms with E-state index >= 15 is 0 Å². The minimum atomic E-state index is -3.59. The largest absolute Gasteiger partial charge is 0.324 e. The van der Waals surface area contributed by atoms with Crippen LogP contribution in [0.25, 0.3) is 0 Å². The first kappa shape index (κ1) is 19.5. The van der Waals surface area contributed by atoms with Gasteiger partial charge >= 0.3 is 0 Å². The summed E-state index contributed by atoms with van der Waals surface area (Å²) in [7, 11) is -3.59. The van der Waals surface area contributed by atoms with Crippen molar-refractivity contribution in [3.05, 3.63) is 58.1 Å². The minimum absolute atomic E-state index is 0.280. The number of hydrogen-bond donors (Lipinski definition) is 1. The Labute approximate surface area is 157 Å². The zero-order chi connectivity index (χ0) is 18.6. The highest BCUT2D eigenvalue weighted by atomic mass is 79.9. The Kier molecular flexibility index (Phi) is 6.24. The smallest absolute Gasteiger partial charge is 0.245 e. The number of amides is 1. The maximum Gasteiger partial charge on any atom is 0.245 e. The topological polar surface area (TPSA) is 66.5 Å². The molecule has 0 radical (unpaired) electrons. The summed E-state index contributed by atoms with van der Waals surface area (Å²) in [6, 6.07) is 12.7. The number of nitrogens with zero attached hydrogens (tertiary/aromatic N) is 1. The van der Waals surface area contributed by atoms with Gasteiger partial charge in [-0.05, 0) is 48.7 Å². The number of anilines is 2. The summed E-state index contributed by atoms with van der Waals surface area (Å²) in [5.41, 5.74) is 3.06. The van der Waals surface area contributed by atoms with Crippen LogP contribution in [0.4, 0.5) is 11.4 Å². The molecule has 0 bridgehead atoms. The molecule has 0 aliphatic rings. The number of para-hydroxylation sites is 1. The molecule has 2 aromatic rings. The highest BCUT2D eigenvalue weighted by molar-refractivity contribution is 9.10. The maximum absolute atomic E-state index is 12.4. The highest BCUT2D eigenvalue weighted by Crippen LogP contribution is 2.25. The molecule has 0 saturated heterocycles. The first-order valence-corrected chi connectivity index (χ1v) is 10.5. The molecule has 5 nitrogen and oxygen atoms in total. The van der Waals surface area contributed by atoms with Crippen molar-refractivity contribution in [3.8, 4) is 0 Å². The Bertz CT molecular complexity index is 882. The van der Waals surface area contributed by atoms with E-state index in [9.17, 15) is 13.2 Å². The van der Waals surface area contributed by atoms with Crippen LogP contribution in [-0.2, 0) is 21.2 Å². The van der Waals surface area contributed by atoms with Gasteiger partial charge in [0.05, 0.1) is 11.9 Å². The number of halogens is 1. The molecule has 2 aromatic carbocycles. The molecule has 0 unspecified atom stereocenters. The van der Waals surface area contributed by atoms with Crippen LogP contribution in [0, 0.1) is 6.92 Å². The van der Waals surface area contributed by atoms with E-state index < -0.39 is 10.0 Å². The molecule has 0 spiro atoms. The SMILES string of the molecule is CCc1ccccc1NC(=O)CN(c1ccc(Br)c(C)c1)S(C)(=O)=O. The number of sulfonamides is 1. The summed E-state index contributed by atoms with van der Waals surface area (Å²) in [6.45, 7) is 3.59. The maximum atomic E-state index is 12.4. The third-order valence-electron chi connectivity index (χ3n) is 3.79. The van der Waals surface area contributed by atoms with Crippen molar-refractivity contribution < 1.29 is 13.2 Å². The molecular weight excluding hydrogens is 404 g/mol. The molecule has 0 atom stereocenters. The second kappa shape index (κ2) is 8.01. The van der Waals surface area contributed by atoms with Gasteiger partial charge in [0.1, 0.15) is 6.54 Å². The van der Waals surface area contributed by atoms with Gasteiger partial charge in [-0.1, -0.05) is 41.1 Å². The number of rotatable bonds is 6. The molecule has 0 aromatic heterocycles. The van der Waals surface area contributed by atoms with Crippen LogP contribution in [-0.4, -0.2) is 27.1 Å². The molecular formula is C18H21BrN2O3S. The molecule has 1 N–H and O–H groups in total. The summed E-state index contributed by atoms with van der Waals surface area (Å²) in [5, 5.41) is 2.81. The quantitative estimate of drug-likeness (QED) is 0.767. The Morgan fingerprint density at radius 3 is 2.48 bits per heavy atom. The number of carbonyl (C=O) groups excluding carboxylic acids is 1. The lowest BCUT2D eigenvalue weighted by molar-refractivity contribution is -0.114. The average molecular weight is 425 g/mol. The highest BCUT2D eigenvalue weighted by Gasteiger charge is 2.21. The summed E-state index contributed by atoms with van der Waals surface area (Å²) in [6.07, 6.45) is 1.87. The van der Waals surface area contributed by atoms with Gasteiger partial charge in [0.25, 0.3) is 0 Å². The van der Waals surface area contributed by atoms with E-state index in [0.29, 0.717) is 11.4 Å². The molecule has 2 rings (SSSR count). The number of nitrogens with one attached hydrogen (secondary N) is 1. The predicted octanol–water partition coefficient (Wildman–Crippen LogP) is 3.72.